The lowest BCUT2D eigenvalue weighted by atomic mass is 9.64. The first-order valence-electron chi connectivity index (χ1n) is 10.0. The Kier molecular flexibility index (Phi) is 8.95. The summed E-state index contributed by atoms with van der Waals surface area (Å²) in [7, 11) is 1.79. The summed E-state index contributed by atoms with van der Waals surface area (Å²) in [5.41, 5.74) is 3.34. The first-order valence-corrected chi connectivity index (χ1v) is 10.0. The number of nitrogens with zero attached hydrogens (tertiary/aromatic N) is 1. The second kappa shape index (κ2) is 11.2. The predicted octanol–water partition coefficient (Wildman–Crippen LogP) is 3.84. The maximum atomic E-state index is 12.0. The van der Waals surface area contributed by atoms with Gasteiger partial charge in [-0.15, -0.1) is 24.0 Å². The van der Waals surface area contributed by atoms with Crippen molar-refractivity contribution in [3.8, 4) is 0 Å². The van der Waals surface area contributed by atoms with Crippen molar-refractivity contribution in [2.45, 2.75) is 38.1 Å². The average molecular weight is 506 g/mol. The third-order valence-electron chi connectivity index (χ3n) is 5.50. The SMILES string of the molecule is CCNC(=O)c1cccc(CNC(=NC)NCC2(c3ccccc3)CCC2)c1.I. The smallest absolute Gasteiger partial charge is 0.251 e. The van der Waals surface area contributed by atoms with Crippen molar-refractivity contribution < 1.29 is 4.79 Å². The Labute approximate surface area is 190 Å². The molecule has 156 valence electrons. The van der Waals surface area contributed by atoms with Crippen LogP contribution >= 0.6 is 24.0 Å². The highest BCUT2D eigenvalue weighted by Gasteiger charge is 2.38. The number of benzene rings is 2. The van der Waals surface area contributed by atoms with Crippen molar-refractivity contribution in [3.05, 3.63) is 71.3 Å². The first kappa shape index (κ1) is 23.2. The number of carbonyl (C=O) groups is 1. The van der Waals surface area contributed by atoms with Crippen molar-refractivity contribution >= 4 is 35.8 Å². The van der Waals surface area contributed by atoms with Gasteiger partial charge in [-0.2, -0.15) is 0 Å². The maximum absolute atomic E-state index is 12.0. The Morgan fingerprint density at radius 3 is 2.41 bits per heavy atom. The third kappa shape index (κ3) is 5.95. The van der Waals surface area contributed by atoms with Crippen molar-refractivity contribution in [1.82, 2.24) is 16.0 Å². The normalized spacial score (nSPS) is 14.9. The number of hydrogen-bond donors (Lipinski definition) is 3. The van der Waals surface area contributed by atoms with Crippen molar-refractivity contribution in [3.63, 3.8) is 0 Å². The Balaban J connectivity index is 0.00000300. The Hall–Kier alpha value is -2.09. The molecule has 0 bridgehead atoms. The number of nitrogens with one attached hydrogen (secondary N) is 3. The number of hydrogen-bond acceptors (Lipinski definition) is 2. The molecule has 0 unspecified atom stereocenters. The number of amides is 1. The molecular formula is C23H31IN4O. The molecule has 1 aliphatic rings. The molecule has 0 aromatic heterocycles. The van der Waals surface area contributed by atoms with E-state index in [1.165, 1.54) is 24.8 Å². The second-order valence-electron chi connectivity index (χ2n) is 7.34. The van der Waals surface area contributed by atoms with E-state index in [2.05, 4.69) is 51.3 Å². The number of carbonyl (C=O) groups excluding carboxylic acids is 1. The standard InChI is InChI=1S/C23H30N4O.HI/c1-3-25-21(28)19-10-7-9-18(15-19)16-26-22(24-2)27-17-23(13-8-14-23)20-11-5-4-6-12-20;/h4-7,9-12,15H,3,8,13-14,16-17H2,1-2H3,(H,25,28)(H2,24,26,27);1H. The van der Waals surface area contributed by atoms with E-state index in [0.717, 1.165) is 18.1 Å². The summed E-state index contributed by atoms with van der Waals surface area (Å²) in [6, 6.07) is 18.4. The number of aliphatic imine (C=N–C) groups is 1. The fraction of sp³-hybridized carbons (Fsp3) is 0.391. The molecule has 1 fully saturated rings. The van der Waals surface area contributed by atoms with Gasteiger partial charge in [-0.1, -0.05) is 48.9 Å². The van der Waals surface area contributed by atoms with Crippen LogP contribution in [0, 0.1) is 0 Å². The Morgan fingerprint density at radius 2 is 1.79 bits per heavy atom. The molecule has 6 heteroatoms. The molecule has 1 amide bonds. The molecule has 29 heavy (non-hydrogen) atoms. The van der Waals surface area contributed by atoms with Gasteiger partial charge in [-0.3, -0.25) is 9.79 Å². The van der Waals surface area contributed by atoms with E-state index in [-0.39, 0.29) is 35.3 Å². The molecule has 0 radical (unpaired) electrons. The van der Waals surface area contributed by atoms with Crippen LogP contribution in [0.15, 0.2) is 59.6 Å². The Morgan fingerprint density at radius 1 is 1.03 bits per heavy atom. The van der Waals surface area contributed by atoms with Gasteiger partial charge in [0.1, 0.15) is 0 Å². The van der Waals surface area contributed by atoms with Crippen LogP contribution in [0.4, 0.5) is 0 Å². The van der Waals surface area contributed by atoms with Crippen LogP contribution in [0.25, 0.3) is 0 Å². The highest BCUT2D eigenvalue weighted by atomic mass is 127. The number of rotatable bonds is 7. The Bertz CT molecular complexity index is 819. The van der Waals surface area contributed by atoms with E-state index in [9.17, 15) is 4.79 Å². The highest BCUT2D eigenvalue weighted by molar-refractivity contribution is 14.0. The summed E-state index contributed by atoms with van der Waals surface area (Å²) in [6.45, 7) is 4.03. The summed E-state index contributed by atoms with van der Waals surface area (Å²) in [4.78, 5) is 16.4. The van der Waals surface area contributed by atoms with Crippen LogP contribution in [0.5, 0.6) is 0 Å². The molecule has 3 N–H and O–H groups in total. The maximum Gasteiger partial charge on any atom is 0.251 e. The van der Waals surface area contributed by atoms with Gasteiger partial charge in [0.15, 0.2) is 5.96 Å². The molecule has 0 atom stereocenters. The van der Waals surface area contributed by atoms with E-state index in [1.54, 1.807) is 7.05 Å². The van der Waals surface area contributed by atoms with Crippen molar-refractivity contribution in [2.24, 2.45) is 4.99 Å². The van der Waals surface area contributed by atoms with E-state index in [0.29, 0.717) is 18.7 Å². The van der Waals surface area contributed by atoms with Gasteiger partial charge in [-0.25, -0.2) is 0 Å². The zero-order valence-corrected chi connectivity index (χ0v) is 19.5. The van der Waals surface area contributed by atoms with Crippen LogP contribution in [0.1, 0.15) is 47.7 Å². The fourth-order valence-corrected chi connectivity index (χ4v) is 3.71. The molecule has 1 saturated carbocycles. The minimum Gasteiger partial charge on any atom is -0.356 e. The fourth-order valence-electron chi connectivity index (χ4n) is 3.71. The third-order valence-corrected chi connectivity index (χ3v) is 5.50. The molecule has 0 saturated heterocycles. The minimum absolute atomic E-state index is 0. The summed E-state index contributed by atoms with van der Waals surface area (Å²) in [5, 5.41) is 9.70. The van der Waals surface area contributed by atoms with E-state index in [4.69, 9.17) is 0 Å². The van der Waals surface area contributed by atoms with Crippen LogP contribution in [-0.2, 0) is 12.0 Å². The summed E-state index contributed by atoms with van der Waals surface area (Å²) >= 11 is 0. The zero-order valence-electron chi connectivity index (χ0n) is 17.2. The van der Waals surface area contributed by atoms with Gasteiger partial charge in [0.05, 0.1) is 0 Å². The quantitative estimate of drug-likeness (QED) is 0.304. The molecule has 2 aromatic carbocycles. The molecule has 0 heterocycles. The number of halogens is 1. The van der Waals surface area contributed by atoms with Gasteiger partial charge in [0, 0.05) is 37.7 Å². The molecule has 5 nitrogen and oxygen atoms in total. The molecule has 3 rings (SSSR count). The highest BCUT2D eigenvalue weighted by Crippen LogP contribution is 2.43. The van der Waals surface area contributed by atoms with Crippen molar-refractivity contribution in [2.75, 3.05) is 20.1 Å². The van der Waals surface area contributed by atoms with Gasteiger partial charge in [0.25, 0.3) is 5.91 Å². The van der Waals surface area contributed by atoms with Gasteiger partial charge in [0.2, 0.25) is 0 Å². The van der Waals surface area contributed by atoms with Crippen LogP contribution in [-0.4, -0.2) is 32.0 Å². The summed E-state index contributed by atoms with van der Waals surface area (Å²) < 4.78 is 0. The zero-order chi connectivity index (χ0) is 19.8. The second-order valence-corrected chi connectivity index (χ2v) is 7.34. The first-order chi connectivity index (χ1) is 13.7. The van der Waals surface area contributed by atoms with Crippen molar-refractivity contribution in [1.29, 1.82) is 0 Å². The van der Waals surface area contributed by atoms with Crippen LogP contribution < -0.4 is 16.0 Å². The predicted molar refractivity (Wildman–Crippen MR) is 130 cm³/mol. The van der Waals surface area contributed by atoms with Gasteiger partial charge < -0.3 is 16.0 Å². The lowest BCUT2D eigenvalue weighted by molar-refractivity contribution is 0.0955. The van der Waals surface area contributed by atoms with Crippen LogP contribution in [0.3, 0.4) is 0 Å². The molecule has 0 spiro atoms. The summed E-state index contributed by atoms with van der Waals surface area (Å²) in [6.07, 6.45) is 3.68. The van der Waals surface area contributed by atoms with E-state index in [1.807, 2.05) is 31.2 Å². The average Bonchev–Trinajstić information content (AvgIpc) is 2.70. The minimum atomic E-state index is -0.0401. The molecule has 0 aliphatic heterocycles. The number of guanidine groups is 1. The molecule has 2 aromatic rings. The largest absolute Gasteiger partial charge is 0.356 e. The van der Waals surface area contributed by atoms with E-state index >= 15 is 0 Å². The van der Waals surface area contributed by atoms with Gasteiger partial charge >= 0.3 is 0 Å². The monoisotopic (exact) mass is 506 g/mol. The molecule has 1 aliphatic carbocycles. The lowest BCUT2D eigenvalue weighted by Gasteiger charge is -2.43. The van der Waals surface area contributed by atoms with Crippen LogP contribution in [0.2, 0.25) is 0 Å². The van der Waals surface area contributed by atoms with Gasteiger partial charge in [-0.05, 0) is 43.0 Å². The van der Waals surface area contributed by atoms with E-state index < -0.39 is 0 Å². The summed E-state index contributed by atoms with van der Waals surface area (Å²) in [5.74, 6) is 0.743. The lowest BCUT2D eigenvalue weighted by Crippen LogP contribution is -2.48. The molecular weight excluding hydrogens is 475 g/mol. The topological polar surface area (TPSA) is 65.5 Å².